The Morgan fingerprint density at radius 2 is 1.82 bits per heavy atom. The number of benzene rings is 1. The van der Waals surface area contributed by atoms with E-state index in [-0.39, 0.29) is 6.03 Å². The SMILES string of the molecule is O=C(Nc1cncc(-c2cnc3[nH]nc(-c4nc5c(-c6cccc(Cl)c6)cncc5[nH]4)c3c2)c1)N1CCOCC1. The normalized spacial score (nSPS) is 13.7. The molecular weight excluding hydrogens is 530 g/mol. The molecule has 1 aromatic carbocycles. The number of rotatable bonds is 4. The molecule has 7 rings (SSSR count). The first-order valence-corrected chi connectivity index (χ1v) is 13.0. The van der Waals surface area contributed by atoms with E-state index < -0.39 is 0 Å². The molecule has 0 saturated carbocycles. The van der Waals surface area contributed by atoms with Crippen molar-refractivity contribution in [1.29, 1.82) is 0 Å². The predicted molar refractivity (Wildman–Crippen MR) is 152 cm³/mol. The number of morpholine rings is 1. The van der Waals surface area contributed by atoms with E-state index in [2.05, 4.69) is 35.5 Å². The van der Waals surface area contributed by atoms with Gasteiger partial charge < -0.3 is 19.9 Å². The van der Waals surface area contributed by atoms with Crippen LogP contribution >= 0.6 is 11.6 Å². The van der Waals surface area contributed by atoms with Crippen LogP contribution in [0.2, 0.25) is 5.02 Å². The Morgan fingerprint density at radius 1 is 0.975 bits per heavy atom. The Balaban J connectivity index is 1.23. The minimum atomic E-state index is -0.176. The van der Waals surface area contributed by atoms with Crippen LogP contribution < -0.4 is 5.32 Å². The zero-order valence-corrected chi connectivity index (χ0v) is 21.8. The summed E-state index contributed by atoms with van der Waals surface area (Å²) in [5.74, 6) is 0.584. The highest BCUT2D eigenvalue weighted by Crippen LogP contribution is 2.33. The Kier molecular flexibility index (Phi) is 6.06. The summed E-state index contributed by atoms with van der Waals surface area (Å²) in [6.45, 7) is 2.19. The van der Waals surface area contributed by atoms with Crippen LogP contribution in [0.3, 0.4) is 0 Å². The first kappa shape index (κ1) is 24.2. The van der Waals surface area contributed by atoms with Gasteiger partial charge in [0.25, 0.3) is 0 Å². The largest absolute Gasteiger partial charge is 0.378 e. The number of pyridine rings is 3. The number of aromatic amines is 2. The summed E-state index contributed by atoms with van der Waals surface area (Å²) in [4.78, 5) is 35.9. The summed E-state index contributed by atoms with van der Waals surface area (Å²) in [6.07, 6.45) is 8.61. The lowest BCUT2D eigenvalue weighted by Crippen LogP contribution is -2.43. The molecule has 0 unspecified atom stereocenters. The summed E-state index contributed by atoms with van der Waals surface area (Å²) in [7, 11) is 0. The molecule has 0 radical (unpaired) electrons. The summed E-state index contributed by atoms with van der Waals surface area (Å²) in [5, 5.41) is 11.9. The quantitative estimate of drug-likeness (QED) is 0.276. The van der Waals surface area contributed by atoms with Gasteiger partial charge in [0, 0.05) is 53.4 Å². The van der Waals surface area contributed by atoms with Crippen molar-refractivity contribution in [2.75, 3.05) is 31.6 Å². The van der Waals surface area contributed by atoms with Gasteiger partial charge in [0.1, 0.15) is 5.69 Å². The fourth-order valence-electron chi connectivity index (χ4n) is 4.79. The van der Waals surface area contributed by atoms with Crippen molar-refractivity contribution < 1.29 is 9.53 Å². The number of carbonyl (C=O) groups excluding carboxylic acids is 1. The maximum atomic E-state index is 12.6. The molecule has 198 valence electrons. The van der Waals surface area contributed by atoms with Crippen LogP contribution in [0.15, 0.2) is 67.4 Å². The van der Waals surface area contributed by atoms with Crippen LogP contribution in [0.4, 0.5) is 10.5 Å². The Bertz CT molecular complexity index is 1880. The van der Waals surface area contributed by atoms with Gasteiger partial charge in [-0.05, 0) is 29.8 Å². The number of aromatic nitrogens is 7. The van der Waals surface area contributed by atoms with Crippen LogP contribution in [-0.2, 0) is 4.74 Å². The Hall–Kier alpha value is -4.87. The second-order valence-electron chi connectivity index (χ2n) is 9.36. The molecule has 0 spiro atoms. The average molecular weight is 552 g/mol. The highest BCUT2D eigenvalue weighted by molar-refractivity contribution is 6.30. The summed E-state index contributed by atoms with van der Waals surface area (Å²) in [5.41, 5.74) is 6.80. The first-order valence-electron chi connectivity index (χ1n) is 12.7. The van der Waals surface area contributed by atoms with Crippen molar-refractivity contribution in [3.05, 3.63) is 72.4 Å². The molecule has 0 bridgehead atoms. The first-order chi connectivity index (χ1) is 19.6. The lowest BCUT2D eigenvalue weighted by Gasteiger charge is -2.26. The number of nitrogens with zero attached hydrogens (tertiary/aromatic N) is 6. The van der Waals surface area contributed by atoms with Gasteiger partial charge in [0.05, 0.1) is 47.7 Å². The van der Waals surface area contributed by atoms with Crippen molar-refractivity contribution in [3.8, 4) is 33.8 Å². The number of ether oxygens (including phenoxy) is 1. The smallest absolute Gasteiger partial charge is 0.322 e. The minimum Gasteiger partial charge on any atom is -0.378 e. The van der Waals surface area contributed by atoms with Gasteiger partial charge in [-0.15, -0.1) is 0 Å². The summed E-state index contributed by atoms with van der Waals surface area (Å²) in [6, 6.07) is 11.3. The van der Waals surface area contributed by atoms with E-state index in [4.69, 9.17) is 21.3 Å². The van der Waals surface area contributed by atoms with Gasteiger partial charge in [-0.3, -0.25) is 15.1 Å². The molecular formula is C28H22ClN9O2. The molecule has 5 aromatic heterocycles. The van der Waals surface area contributed by atoms with Crippen LogP contribution in [-0.4, -0.2) is 72.4 Å². The van der Waals surface area contributed by atoms with Crippen LogP contribution in [0, 0.1) is 0 Å². The second-order valence-corrected chi connectivity index (χ2v) is 9.80. The van der Waals surface area contributed by atoms with Gasteiger partial charge in [-0.2, -0.15) is 5.10 Å². The van der Waals surface area contributed by atoms with Crippen LogP contribution in [0.5, 0.6) is 0 Å². The van der Waals surface area contributed by atoms with Crippen molar-refractivity contribution in [2.24, 2.45) is 0 Å². The number of anilines is 1. The fourth-order valence-corrected chi connectivity index (χ4v) is 4.98. The number of H-pyrrole nitrogens is 2. The molecule has 0 aliphatic carbocycles. The molecule has 1 fully saturated rings. The topological polar surface area (TPSA) is 138 Å². The molecule has 6 heterocycles. The number of hydrogen-bond acceptors (Lipinski definition) is 7. The third-order valence-corrected chi connectivity index (χ3v) is 7.03. The number of imidazole rings is 1. The highest BCUT2D eigenvalue weighted by Gasteiger charge is 2.19. The van der Waals surface area contributed by atoms with E-state index in [9.17, 15) is 4.79 Å². The van der Waals surface area contributed by atoms with Gasteiger partial charge >= 0.3 is 6.03 Å². The van der Waals surface area contributed by atoms with E-state index in [1.807, 2.05) is 36.4 Å². The molecule has 1 aliphatic heterocycles. The third kappa shape index (κ3) is 4.51. The summed E-state index contributed by atoms with van der Waals surface area (Å²) >= 11 is 6.23. The molecule has 1 aliphatic rings. The van der Waals surface area contributed by atoms with E-state index in [1.54, 1.807) is 35.9 Å². The molecule has 40 heavy (non-hydrogen) atoms. The molecule has 12 heteroatoms. The molecule has 2 amide bonds. The molecule has 3 N–H and O–H groups in total. The van der Waals surface area contributed by atoms with E-state index >= 15 is 0 Å². The number of fused-ring (bicyclic) bond motifs is 2. The highest BCUT2D eigenvalue weighted by atomic mass is 35.5. The maximum Gasteiger partial charge on any atom is 0.322 e. The van der Waals surface area contributed by atoms with E-state index in [0.717, 1.165) is 38.7 Å². The average Bonchev–Trinajstić information content (AvgIpc) is 3.61. The third-order valence-electron chi connectivity index (χ3n) is 6.79. The lowest BCUT2D eigenvalue weighted by atomic mass is 10.1. The zero-order valence-electron chi connectivity index (χ0n) is 21.1. The monoisotopic (exact) mass is 551 g/mol. The van der Waals surface area contributed by atoms with Gasteiger partial charge in [0.2, 0.25) is 0 Å². The van der Waals surface area contributed by atoms with E-state index in [0.29, 0.717) is 54.2 Å². The molecule has 1 saturated heterocycles. The number of hydrogen-bond donors (Lipinski definition) is 3. The molecule has 6 aromatic rings. The van der Waals surface area contributed by atoms with Crippen molar-refractivity contribution in [1.82, 2.24) is 40.0 Å². The number of halogens is 1. The van der Waals surface area contributed by atoms with E-state index in [1.165, 1.54) is 0 Å². The lowest BCUT2D eigenvalue weighted by molar-refractivity contribution is 0.0564. The Labute approximate surface area is 232 Å². The molecule has 11 nitrogen and oxygen atoms in total. The zero-order chi connectivity index (χ0) is 27.1. The van der Waals surface area contributed by atoms with Crippen molar-refractivity contribution in [3.63, 3.8) is 0 Å². The number of urea groups is 1. The van der Waals surface area contributed by atoms with Crippen LogP contribution in [0.25, 0.3) is 55.8 Å². The van der Waals surface area contributed by atoms with Crippen LogP contribution in [0.1, 0.15) is 0 Å². The standard InChI is InChI=1S/C28H22ClN9O2/c29-19-3-1-2-16(8-19)22-14-31-15-23-24(22)35-27(34-23)25-21-10-18(12-32-26(21)37-36-25)17-9-20(13-30-11-17)33-28(39)38-4-6-40-7-5-38/h1-3,8-15H,4-7H2,(H,33,39)(H,34,35)(H,32,36,37). The van der Waals surface area contributed by atoms with Gasteiger partial charge in [-0.1, -0.05) is 23.7 Å². The maximum absolute atomic E-state index is 12.6. The van der Waals surface area contributed by atoms with Gasteiger partial charge in [0.15, 0.2) is 11.5 Å². The summed E-state index contributed by atoms with van der Waals surface area (Å²) < 4.78 is 5.33. The molecule has 0 atom stereocenters. The van der Waals surface area contributed by atoms with Gasteiger partial charge in [-0.25, -0.2) is 14.8 Å². The minimum absolute atomic E-state index is 0.176. The number of carbonyl (C=O) groups is 1. The van der Waals surface area contributed by atoms with Crippen molar-refractivity contribution in [2.45, 2.75) is 0 Å². The number of nitrogens with one attached hydrogen (secondary N) is 3. The predicted octanol–water partition coefficient (Wildman–Crippen LogP) is 5.14. The Morgan fingerprint density at radius 3 is 2.70 bits per heavy atom. The second kappa shape index (κ2) is 10.0. The van der Waals surface area contributed by atoms with Crippen molar-refractivity contribution >= 4 is 45.4 Å². The number of amides is 2. The fraction of sp³-hybridized carbons (Fsp3) is 0.143.